The Kier molecular flexibility index (Phi) is 8.27. The third-order valence-electron chi connectivity index (χ3n) is 2.00. The number of aliphatic hydroxyl groups is 1. The molecule has 5 heteroatoms. The number of hydrogen-bond donors (Lipinski definition) is 3. The summed E-state index contributed by atoms with van der Waals surface area (Å²) in [6.07, 6.45) is 1.83. The molecule has 15 heavy (non-hydrogen) atoms. The lowest BCUT2D eigenvalue weighted by molar-refractivity contribution is -0.142. The maximum atomic E-state index is 10.9. The highest BCUT2D eigenvalue weighted by Gasteiger charge is 2.12. The Balaban J connectivity index is 3.27. The SMILES string of the molecule is [CH2]C(O)CNCCCCC(N)C(=O)OC. The number of hydrogen-bond acceptors (Lipinski definition) is 5. The van der Waals surface area contributed by atoms with Gasteiger partial charge in [-0.25, -0.2) is 0 Å². The molecule has 0 saturated carbocycles. The minimum Gasteiger partial charge on any atom is -0.468 e. The molecule has 0 aromatic rings. The molecule has 0 saturated heterocycles. The molecule has 5 nitrogen and oxygen atoms in total. The zero-order valence-corrected chi connectivity index (χ0v) is 9.24. The second kappa shape index (κ2) is 8.64. The number of aliphatic hydroxyl groups excluding tert-OH is 1. The summed E-state index contributed by atoms with van der Waals surface area (Å²) >= 11 is 0. The second-order valence-corrected chi connectivity index (χ2v) is 3.48. The van der Waals surface area contributed by atoms with Crippen LogP contribution >= 0.6 is 0 Å². The highest BCUT2D eigenvalue weighted by atomic mass is 16.5. The average Bonchev–Trinajstić information content (AvgIpc) is 2.21. The van der Waals surface area contributed by atoms with Gasteiger partial charge in [-0.15, -0.1) is 0 Å². The van der Waals surface area contributed by atoms with Crippen LogP contribution in [0.3, 0.4) is 0 Å². The van der Waals surface area contributed by atoms with Gasteiger partial charge < -0.3 is 20.9 Å². The van der Waals surface area contributed by atoms with Gasteiger partial charge >= 0.3 is 5.97 Å². The summed E-state index contributed by atoms with van der Waals surface area (Å²) in [6, 6.07) is -0.520. The molecular formula is C10H21N2O3. The van der Waals surface area contributed by atoms with E-state index in [4.69, 9.17) is 10.8 Å². The van der Waals surface area contributed by atoms with E-state index in [1.165, 1.54) is 7.11 Å². The number of methoxy groups -OCH3 is 1. The highest BCUT2D eigenvalue weighted by molar-refractivity contribution is 5.75. The van der Waals surface area contributed by atoms with Crippen LogP contribution in [0.15, 0.2) is 0 Å². The summed E-state index contributed by atoms with van der Waals surface area (Å²) in [4.78, 5) is 10.9. The molecule has 4 N–H and O–H groups in total. The van der Waals surface area contributed by atoms with Crippen LogP contribution in [0, 0.1) is 6.92 Å². The summed E-state index contributed by atoms with van der Waals surface area (Å²) in [5.74, 6) is -0.365. The fourth-order valence-corrected chi connectivity index (χ4v) is 1.15. The molecule has 0 aliphatic heterocycles. The largest absolute Gasteiger partial charge is 0.468 e. The third kappa shape index (κ3) is 8.35. The molecule has 0 aliphatic rings. The predicted molar refractivity (Wildman–Crippen MR) is 58.1 cm³/mol. The van der Waals surface area contributed by atoms with E-state index in [1.807, 2.05) is 0 Å². The van der Waals surface area contributed by atoms with Crippen molar-refractivity contribution in [1.29, 1.82) is 0 Å². The second-order valence-electron chi connectivity index (χ2n) is 3.48. The molecular weight excluding hydrogens is 196 g/mol. The predicted octanol–water partition coefficient (Wildman–Crippen LogP) is -0.558. The number of unbranched alkanes of at least 4 members (excludes halogenated alkanes) is 1. The van der Waals surface area contributed by atoms with Gasteiger partial charge in [0.15, 0.2) is 0 Å². The van der Waals surface area contributed by atoms with E-state index in [2.05, 4.69) is 17.0 Å². The van der Waals surface area contributed by atoms with Crippen LogP contribution in [-0.4, -0.2) is 43.4 Å². The number of esters is 1. The number of carbonyl (C=O) groups is 1. The minimum absolute atomic E-state index is 0.365. The molecule has 0 amide bonds. The fourth-order valence-electron chi connectivity index (χ4n) is 1.15. The van der Waals surface area contributed by atoms with Crippen molar-refractivity contribution in [2.24, 2.45) is 5.73 Å². The number of carbonyl (C=O) groups excluding carboxylic acids is 1. The number of nitrogens with two attached hydrogens (primary N) is 1. The third-order valence-corrected chi connectivity index (χ3v) is 2.00. The molecule has 2 atom stereocenters. The maximum absolute atomic E-state index is 10.9. The Bertz CT molecular complexity index is 174. The first-order valence-electron chi connectivity index (χ1n) is 5.13. The van der Waals surface area contributed by atoms with Crippen LogP contribution in [0.5, 0.6) is 0 Å². The van der Waals surface area contributed by atoms with E-state index in [-0.39, 0.29) is 5.97 Å². The van der Waals surface area contributed by atoms with Crippen molar-refractivity contribution < 1.29 is 14.6 Å². The lowest BCUT2D eigenvalue weighted by atomic mass is 10.1. The quantitative estimate of drug-likeness (QED) is 0.375. The van der Waals surface area contributed by atoms with Crippen molar-refractivity contribution in [2.45, 2.75) is 31.4 Å². The van der Waals surface area contributed by atoms with Gasteiger partial charge in [-0.3, -0.25) is 4.79 Å². The van der Waals surface area contributed by atoms with Crippen LogP contribution in [0.1, 0.15) is 19.3 Å². The summed E-state index contributed by atoms with van der Waals surface area (Å²) < 4.78 is 4.50. The van der Waals surface area contributed by atoms with Gasteiger partial charge in [-0.2, -0.15) is 0 Å². The Morgan fingerprint density at radius 2 is 2.27 bits per heavy atom. The molecule has 0 aromatic carbocycles. The summed E-state index contributed by atoms with van der Waals surface area (Å²) in [7, 11) is 1.33. The molecule has 0 fully saturated rings. The summed E-state index contributed by atoms with van der Waals surface area (Å²) in [5.41, 5.74) is 5.55. The standard InChI is InChI=1S/C10H21N2O3/c1-8(13)7-12-6-4-3-5-9(11)10(14)15-2/h8-9,12-13H,1,3-7,11H2,2H3. The zero-order valence-electron chi connectivity index (χ0n) is 9.24. The van der Waals surface area contributed by atoms with Gasteiger partial charge in [0, 0.05) is 6.54 Å². The van der Waals surface area contributed by atoms with Gasteiger partial charge in [-0.05, 0) is 26.3 Å². The van der Waals surface area contributed by atoms with E-state index >= 15 is 0 Å². The highest BCUT2D eigenvalue weighted by Crippen LogP contribution is 1.99. The molecule has 2 unspecified atom stereocenters. The lowest BCUT2D eigenvalue weighted by Gasteiger charge is -2.09. The monoisotopic (exact) mass is 217 g/mol. The average molecular weight is 217 g/mol. The maximum Gasteiger partial charge on any atom is 0.322 e. The first-order valence-corrected chi connectivity index (χ1v) is 5.13. The number of ether oxygens (including phenoxy) is 1. The molecule has 0 aromatic heterocycles. The minimum atomic E-state index is -0.567. The van der Waals surface area contributed by atoms with Gasteiger partial charge in [0.1, 0.15) is 6.04 Å². The van der Waals surface area contributed by atoms with E-state index in [0.29, 0.717) is 13.0 Å². The molecule has 89 valence electrons. The number of rotatable bonds is 8. The van der Waals surface area contributed by atoms with E-state index < -0.39 is 12.1 Å². The Morgan fingerprint density at radius 3 is 2.80 bits per heavy atom. The van der Waals surface area contributed by atoms with Crippen molar-refractivity contribution in [1.82, 2.24) is 5.32 Å². The topological polar surface area (TPSA) is 84.6 Å². The molecule has 0 rings (SSSR count). The Hall–Kier alpha value is -0.650. The van der Waals surface area contributed by atoms with Crippen LogP contribution in [0.25, 0.3) is 0 Å². The summed E-state index contributed by atoms with van der Waals surface area (Å²) in [5, 5.41) is 11.9. The van der Waals surface area contributed by atoms with Crippen LogP contribution < -0.4 is 11.1 Å². The normalized spacial score (nSPS) is 14.7. The van der Waals surface area contributed by atoms with Crippen molar-refractivity contribution in [3.63, 3.8) is 0 Å². The van der Waals surface area contributed by atoms with E-state index in [9.17, 15) is 4.79 Å². The zero-order chi connectivity index (χ0) is 11.7. The molecule has 0 bridgehead atoms. The van der Waals surface area contributed by atoms with Crippen LogP contribution in [0.4, 0.5) is 0 Å². The molecule has 0 spiro atoms. The van der Waals surface area contributed by atoms with Crippen molar-refractivity contribution >= 4 is 5.97 Å². The van der Waals surface area contributed by atoms with Gasteiger partial charge in [-0.1, -0.05) is 6.42 Å². The van der Waals surface area contributed by atoms with E-state index in [0.717, 1.165) is 19.4 Å². The van der Waals surface area contributed by atoms with Crippen LogP contribution in [0.2, 0.25) is 0 Å². The fraction of sp³-hybridized carbons (Fsp3) is 0.800. The van der Waals surface area contributed by atoms with Crippen LogP contribution in [-0.2, 0) is 9.53 Å². The smallest absolute Gasteiger partial charge is 0.322 e. The van der Waals surface area contributed by atoms with Gasteiger partial charge in [0.25, 0.3) is 0 Å². The molecule has 0 aliphatic carbocycles. The first-order chi connectivity index (χ1) is 7.07. The van der Waals surface area contributed by atoms with E-state index in [1.54, 1.807) is 0 Å². The lowest BCUT2D eigenvalue weighted by Crippen LogP contribution is -2.31. The van der Waals surface area contributed by atoms with Crippen molar-refractivity contribution in [3.05, 3.63) is 6.92 Å². The molecule has 0 heterocycles. The van der Waals surface area contributed by atoms with Crippen molar-refractivity contribution in [2.75, 3.05) is 20.2 Å². The van der Waals surface area contributed by atoms with Crippen molar-refractivity contribution in [3.8, 4) is 0 Å². The summed E-state index contributed by atoms with van der Waals surface area (Å²) in [6.45, 7) is 4.71. The number of nitrogens with one attached hydrogen (secondary N) is 1. The first kappa shape index (κ1) is 14.3. The van der Waals surface area contributed by atoms with Gasteiger partial charge in [0.05, 0.1) is 13.2 Å². The Labute approximate surface area is 91.0 Å². The molecule has 1 radical (unpaired) electrons. The van der Waals surface area contributed by atoms with Gasteiger partial charge in [0.2, 0.25) is 0 Å². The Morgan fingerprint density at radius 1 is 1.60 bits per heavy atom.